The first-order valence-electron chi connectivity index (χ1n) is 21.8. The van der Waals surface area contributed by atoms with Crippen LogP contribution in [0, 0.1) is 6.92 Å². The number of rotatable bonds is 22. The smallest absolute Gasteiger partial charge is 0.209 e. The number of nitrogens with one attached hydrogen (secondary N) is 1. The molecule has 10 nitrogen and oxygen atoms in total. The van der Waals surface area contributed by atoms with Crippen molar-refractivity contribution >= 4 is 23.8 Å². The molecule has 0 amide bonds. The van der Waals surface area contributed by atoms with Gasteiger partial charge in [0.2, 0.25) is 9.84 Å². The molecule has 3 aromatic rings. The van der Waals surface area contributed by atoms with Crippen molar-refractivity contribution in [2.24, 2.45) is 0 Å². The molecule has 0 aliphatic carbocycles. The quantitative estimate of drug-likeness (QED) is 0.0777. The molecule has 5 atom stereocenters. The van der Waals surface area contributed by atoms with E-state index in [1.807, 2.05) is 51.1 Å². The van der Waals surface area contributed by atoms with Gasteiger partial charge in [0.15, 0.2) is 13.8 Å². The maximum Gasteiger partial charge on any atom is 0.209 e. The summed E-state index contributed by atoms with van der Waals surface area (Å²) in [6.45, 7) is 25.3. The molecule has 0 spiro atoms. The van der Waals surface area contributed by atoms with Crippen LogP contribution in [0.3, 0.4) is 0 Å². The van der Waals surface area contributed by atoms with Crippen molar-refractivity contribution in [1.82, 2.24) is 5.32 Å². The molecule has 2 unspecified atom stereocenters. The van der Waals surface area contributed by atoms with Gasteiger partial charge in [-0.05, 0) is 91.2 Å². The Labute approximate surface area is 356 Å². The van der Waals surface area contributed by atoms with Gasteiger partial charge in [0.25, 0.3) is 0 Å². The van der Waals surface area contributed by atoms with Gasteiger partial charge in [-0.2, -0.15) is 0 Å². The third kappa shape index (κ3) is 11.8. The van der Waals surface area contributed by atoms with Crippen LogP contribution in [0.4, 0.5) is 5.69 Å². The van der Waals surface area contributed by atoms with E-state index in [2.05, 4.69) is 76.0 Å². The molecule has 12 heteroatoms. The van der Waals surface area contributed by atoms with E-state index in [9.17, 15) is 8.42 Å². The van der Waals surface area contributed by atoms with Crippen molar-refractivity contribution < 1.29 is 36.5 Å². The lowest BCUT2D eigenvalue weighted by Gasteiger charge is -2.44. The molecule has 2 aliphatic rings. The third-order valence-electron chi connectivity index (χ3n) is 12.2. The third-order valence-corrected chi connectivity index (χ3v) is 20.2. The van der Waals surface area contributed by atoms with Crippen LogP contribution in [0.1, 0.15) is 102 Å². The number of aryl methyl sites for hydroxylation is 1. The zero-order chi connectivity index (χ0) is 42.7. The average Bonchev–Trinajstić information content (AvgIpc) is 3.20. The number of hydrogen-bond donors (Lipinski definition) is 1. The van der Waals surface area contributed by atoms with E-state index >= 15 is 0 Å². The number of anilines is 1. The van der Waals surface area contributed by atoms with Gasteiger partial charge in [-0.25, -0.2) is 8.42 Å². The van der Waals surface area contributed by atoms with E-state index in [1.54, 1.807) is 19.2 Å². The Balaban J connectivity index is 1.50. The van der Waals surface area contributed by atoms with Crippen molar-refractivity contribution in [3.05, 3.63) is 89.0 Å². The van der Waals surface area contributed by atoms with Gasteiger partial charge in [-0.3, -0.25) is 0 Å². The first-order chi connectivity index (χ1) is 28.2. The number of benzene rings is 3. The van der Waals surface area contributed by atoms with Crippen LogP contribution in [0.2, 0.25) is 16.6 Å². The summed E-state index contributed by atoms with van der Waals surface area (Å²) >= 11 is 0. The second-order valence-corrected chi connectivity index (χ2v) is 24.8. The first-order valence-corrected chi connectivity index (χ1v) is 25.5. The zero-order valence-corrected chi connectivity index (χ0v) is 39.2. The Morgan fingerprint density at radius 2 is 1.63 bits per heavy atom. The van der Waals surface area contributed by atoms with E-state index in [1.165, 1.54) is 0 Å². The van der Waals surface area contributed by atoms with Crippen molar-refractivity contribution in [2.45, 2.75) is 133 Å². The Bertz CT molecular complexity index is 1820. The number of nitrogens with zero attached hydrogens (tertiary/aromatic N) is 1. The maximum atomic E-state index is 14.9. The summed E-state index contributed by atoms with van der Waals surface area (Å²) in [4.78, 5) is 2.48. The van der Waals surface area contributed by atoms with Crippen LogP contribution in [-0.2, 0) is 39.8 Å². The van der Waals surface area contributed by atoms with E-state index in [-0.39, 0.29) is 23.0 Å². The lowest BCUT2D eigenvalue weighted by Crippen LogP contribution is -2.54. The number of methoxy groups -OCH3 is 1. The van der Waals surface area contributed by atoms with E-state index in [0.29, 0.717) is 74.9 Å². The van der Waals surface area contributed by atoms with Gasteiger partial charge in [-0.15, -0.1) is 0 Å². The fraction of sp³-hybridized carbons (Fsp3) is 0.617. The molecule has 1 N–H and O–H groups in total. The number of ether oxygens (including phenoxy) is 5. The minimum Gasteiger partial charge on any atom is -0.490 e. The SMILES string of the molecule is CCOC(C)COCc1ccc([C@H]2C[C@@H](CO[Si](C(C)C)(C(C)C)C(C)C)NC[C@@H]2OC(c2ccc3c(c2)N(CCCOC)CCO3)S(=O)(=O)c2ccc(C)cc2)cc1. The molecule has 59 heavy (non-hydrogen) atoms. The van der Waals surface area contributed by atoms with Crippen LogP contribution in [0.15, 0.2) is 71.6 Å². The molecule has 0 aromatic heterocycles. The van der Waals surface area contributed by atoms with Gasteiger partial charge < -0.3 is 38.3 Å². The minimum absolute atomic E-state index is 0.0282. The van der Waals surface area contributed by atoms with Crippen LogP contribution in [-0.4, -0.2) is 94.8 Å². The Morgan fingerprint density at radius 3 is 2.27 bits per heavy atom. The highest BCUT2D eigenvalue weighted by atomic mass is 32.2. The van der Waals surface area contributed by atoms with Crippen molar-refractivity contribution in [3.63, 3.8) is 0 Å². The number of fused-ring (bicyclic) bond motifs is 1. The molecule has 0 saturated carbocycles. The normalized spacial score (nSPS) is 19.9. The van der Waals surface area contributed by atoms with Crippen LogP contribution >= 0.6 is 0 Å². The minimum atomic E-state index is -4.02. The standard InChI is InChI=1S/C47H72N2O8SSi/c1-11-54-37(9)30-53-31-38-15-17-39(18-16-38)43-28-41(32-56-59(33(2)3,34(4)5)35(6)7)48-29-46(43)57-47(58(50,51)42-20-13-36(8)14-21-42)40-19-22-45-44(27-40)49(24-26-55-45)23-12-25-52-10/h13-22,27,33-35,37,41,43,46-48H,11-12,23-26,28-32H2,1-10H3/t37?,41-,43+,46-,47?/m0/s1. The number of hydrogen-bond acceptors (Lipinski definition) is 10. The molecule has 1 fully saturated rings. The zero-order valence-electron chi connectivity index (χ0n) is 37.4. The lowest BCUT2D eigenvalue weighted by molar-refractivity contribution is -0.0100. The van der Waals surface area contributed by atoms with Gasteiger partial charge >= 0.3 is 0 Å². The molecule has 328 valence electrons. The highest BCUT2D eigenvalue weighted by molar-refractivity contribution is 7.91. The monoisotopic (exact) mass is 852 g/mol. The largest absolute Gasteiger partial charge is 0.490 e. The summed E-state index contributed by atoms with van der Waals surface area (Å²) in [5.74, 6) is 0.636. The predicted molar refractivity (Wildman–Crippen MR) is 240 cm³/mol. The number of sulfone groups is 1. The first kappa shape index (κ1) is 47.2. The highest BCUT2D eigenvalue weighted by Crippen LogP contribution is 2.44. The maximum absolute atomic E-state index is 14.9. The molecular formula is C47H72N2O8SSi. The predicted octanol–water partition coefficient (Wildman–Crippen LogP) is 9.37. The van der Waals surface area contributed by atoms with Crippen LogP contribution < -0.4 is 15.0 Å². The van der Waals surface area contributed by atoms with E-state index in [0.717, 1.165) is 47.5 Å². The van der Waals surface area contributed by atoms with E-state index in [4.69, 9.17) is 28.1 Å². The van der Waals surface area contributed by atoms with Gasteiger partial charge in [0, 0.05) is 52.0 Å². The molecule has 5 rings (SSSR count). The topological polar surface area (TPSA) is 105 Å². The van der Waals surface area contributed by atoms with Crippen molar-refractivity contribution in [3.8, 4) is 5.75 Å². The van der Waals surface area contributed by atoms with E-state index < -0.39 is 29.7 Å². The molecule has 0 bridgehead atoms. The molecule has 2 heterocycles. The Hall–Kier alpha value is -2.81. The van der Waals surface area contributed by atoms with Gasteiger partial charge in [0.05, 0.1) is 42.5 Å². The Kier molecular flexibility index (Phi) is 17.5. The van der Waals surface area contributed by atoms with Gasteiger partial charge in [-0.1, -0.05) is 89.6 Å². The molecule has 0 radical (unpaired) electrons. The summed E-state index contributed by atoms with van der Waals surface area (Å²) in [7, 11) is -4.43. The molecule has 2 aliphatic heterocycles. The fourth-order valence-electron chi connectivity index (χ4n) is 9.28. The van der Waals surface area contributed by atoms with Crippen LogP contribution in [0.25, 0.3) is 0 Å². The summed E-state index contributed by atoms with van der Waals surface area (Å²) in [6.07, 6.45) is 1.14. The molecule has 3 aromatic carbocycles. The highest BCUT2D eigenvalue weighted by Gasteiger charge is 2.46. The van der Waals surface area contributed by atoms with Crippen molar-refractivity contribution in [2.75, 3.05) is 64.7 Å². The van der Waals surface area contributed by atoms with Crippen molar-refractivity contribution in [1.29, 1.82) is 0 Å². The second kappa shape index (κ2) is 21.8. The summed E-state index contributed by atoms with van der Waals surface area (Å²) in [5.41, 5.74) is 4.74. The summed E-state index contributed by atoms with van der Waals surface area (Å²) in [6, 6.07) is 21.4. The summed E-state index contributed by atoms with van der Waals surface area (Å²) < 4.78 is 67.0. The number of piperidine rings is 1. The van der Waals surface area contributed by atoms with Gasteiger partial charge in [0.1, 0.15) is 12.4 Å². The molecule has 1 saturated heterocycles. The lowest BCUT2D eigenvalue weighted by atomic mass is 9.84. The second-order valence-electron chi connectivity index (χ2n) is 17.4. The fourth-order valence-corrected chi connectivity index (χ4v) is 16.3. The van der Waals surface area contributed by atoms with Crippen LogP contribution in [0.5, 0.6) is 5.75 Å². The molecular weight excluding hydrogens is 781 g/mol. The Morgan fingerprint density at radius 1 is 0.932 bits per heavy atom. The average molecular weight is 853 g/mol. The summed E-state index contributed by atoms with van der Waals surface area (Å²) in [5, 5.41) is 3.77.